The van der Waals surface area contributed by atoms with Crippen LogP contribution in [0.3, 0.4) is 0 Å². The zero-order valence-electron chi connectivity index (χ0n) is 11.7. The predicted octanol–water partition coefficient (Wildman–Crippen LogP) is 2.95. The van der Waals surface area contributed by atoms with Crippen LogP contribution in [0.25, 0.3) is 0 Å². The largest absolute Gasteiger partial charge is 0.461 e. The fourth-order valence-corrected chi connectivity index (χ4v) is 1.55. The minimum atomic E-state index is -0.154. The first-order valence-electron chi connectivity index (χ1n) is 6.49. The van der Waals surface area contributed by atoms with Gasteiger partial charge in [-0.05, 0) is 31.6 Å². The van der Waals surface area contributed by atoms with Gasteiger partial charge in [-0.25, -0.2) is 0 Å². The van der Waals surface area contributed by atoms with Gasteiger partial charge >= 0.3 is 5.97 Å². The van der Waals surface area contributed by atoms with Crippen molar-refractivity contribution < 1.29 is 9.53 Å². The van der Waals surface area contributed by atoms with Crippen molar-refractivity contribution in [3.05, 3.63) is 37.0 Å². The summed E-state index contributed by atoms with van der Waals surface area (Å²) < 4.78 is 5.15. The second-order valence-corrected chi connectivity index (χ2v) is 3.97. The molecule has 0 N–H and O–H groups in total. The minimum absolute atomic E-state index is 0.154. The molecule has 0 saturated heterocycles. The van der Waals surface area contributed by atoms with Crippen molar-refractivity contribution in [2.24, 2.45) is 0 Å². The zero-order chi connectivity index (χ0) is 13.8. The smallest absolute Gasteiger partial charge is 0.306 e. The summed E-state index contributed by atoms with van der Waals surface area (Å²) in [6, 6.07) is 0. The Morgan fingerprint density at radius 2 is 1.94 bits per heavy atom. The van der Waals surface area contributed by atoms with Gasteiger partial charge in [0.1, 0.15) is 6.61 Å². The van der Waals surface area contributed by atoms with E-state index >= 15 is 0 Å². The van der Waals surface area contributed by atoms with Gasteiger partial charge in [-0.2, -0.15) is 0 Å². The maximum absolute atomic E-state index is 11.5. The lowest BCUT2D eigenvalue weighted by atomic mass is 10.2. The Balaban J connectivity index is 3.81. The number of carbonyl (C=O) groups is 1. The number of nitrogens with zero attached hydrogens (tertiary/aromatic N) is 1. The third kappa shape index (κ3) is 7.85. The van der Waals surface area contributed by atoms with E-state index in [1.807, 2.05) is 0 Å². The summed E-state index contributed by atoms with van der Waals surface area (Å²) in [7, 11) is 0. The number of allylic oxidation sites excluding steroid dienone is 2. The summed E-state index contributed by atoms with van der Waals surface area (Å²) in [4.78, 5) is 13.8. The Morgan fingerprint density at radius 1 is 1.28 bits per heavy atom. The minimum Gasteiger partial charge on any atom is -0.461 e. The van der Waals surface area contributed by atoms with Gasteiger partial charge in [0.2, 0.25) is 0 Å². The first-order chi connectivity index (χ1) is 8.67. The number of ether oxygens (including phenoxy) is 1. The maximum atomic E-state index is 11.5. The Morgan fingerprint density at radius 3 is 2.44 bits per heavy atom. The van der Waals surface area contributed by atoms with Crippen LogP contribution in [0.4, 0.5) is 0 Å². The van der Waals surface area contributed by atoms with Crippen LogP contribution >= 0.6 is 0 Å². The molecule has 18 heavy (non-hydrogen) atoms. The summed E-state index contributed by atoms with van der Waals surface area (Å²) in [5.41, 5.74) is 0.863. The van der Waals surface area contributed by atoms with E-state index in [2.05, 4.69) is 31.9 Å². The van der Waals surface area contributed by atoms with E-state index in [0.717, 1.165) is 31.6 Å². The van der Waals surface area contributed by atoms with Crippen molar-refractivity contribution in [1.82, 2.24) is 4.90 Å². The molecule has 3 nitrogen and oxygen atoms in total. The van der Waals surface area contributed by atoms with Gasteiger partial charge in [0.05, 0.1) is 0 Å². The van der Waals surface area contributed by atoms with Crippen molar-refractivity contribution in [2.45, 2.75) is 26.7 Å². The summed E-state index contributed by atoms with van der Waals surface area (Å²) >= 11 is 0. The lowest BCUT2D eigenvalue weighted by Gasteiger charge is -2.17. The molecule has 0 heterocycles. The van der Waals surface area contributed by atoms with Gasteiger partial charge < -0.3 is 9.64 Å². The first-order valence-corrected chi connectivity index (χ1v) is 6.49. The number of hydrogen-bond donors (Lipinski definition) is 0. The SMILES string of the molecule is C=C/C=C(\C=C)COC(=O)CCCN(CC)CC. The lowest BCUT2D eigenvalue weighted by Crippen LogP contribution is -2.24. The summed E-state index contributed by atoms with van der Waals surface area (Å²) in [6.45, 7) is 14.8. The van der Waals surface area contributed by atoms with Crippen LogP contribution in [0, 0.1) is 0 Å². The zero-order valence-corrected chi connectivity index (χ0v) is 11.7. The highest BCUT2D eigenvalue weighted by atomic mass is 16.5. The average Bonchev–Trinajstić information content (AvgIpc) is 2.39. The maximum Gasteiger partial charge on any atom is 0.306 e. The summed E-state index contributed by atoms with van der Waals surface area (Å²) in [5.74, 6) is -0.154. The molecule has 0 aliphatic heterocycles. The summed E-state index contributed by atoms with van der Waals surface area (Å²) in [6.07, 6.45) is 6.43. The van der Waals surface area contributed by atoms with Gasteiger partial charge in [0.25, 0.3) is 0 Å². The first kappa shape index (κ1) is 16.6. The predicted molar refractivity (Wildman–Crippen MR) is 76.5 cm³/mol. The normalized spacial score (nSPS) is 11.4. The van der Waals surface area contributed by atoms with Crippen LogP contribution in [-0.2, 0) is 9.53 Å². The van der Waals surface area contributed by atoms with Crippen LogP contribution in [0.15, 0.2) is 37.0 Å². The van der Waals surface area contributed by atoms with E-state index in [9.17, 15) is 4.79 Å². The quantitative estimate of drug-likeness (QED) is 0.441. The molecule has 0 radical (unpaired) electrons. The fraction of sp³-hybridized carbons (Fsp3) is 0.533. The molecule has 0 aliphatic carbocycles. The molecule has 0 bridgehead atoms. The van der Waals surface area contributed by atoms with E-state index in [4.69, 9.17) is 4.74 Å². The molecular formula is C15H25NO2. The lowest BCUT2D eigenvalue weighted by molar-refractivity contribution is -0.142. The Hall–Kier alpha value is -1.35. The Kier molecular flexibility index (Phi) is 9.97. The van der Waals surface area contributed by atoms with Crippen LogP contribution in [-0.4, -0.2) is 37.1 Å². The molecule has 0 spiro atoms. The highest BCUT2D eigenvalue weighted by Gasteiger charge is 2.05. The van der Waals surface area contributed by atoms with Crippen molar-refractivity contribution >= 4 is 5.97 Å². The molecule has 0 aliphatic rings. The van der Waals surface area contributed by atoms with Crippen molar-refractivity contribution in [2.75, 3.05) is 26.2 Å². The van der Waals surface area contributed by atoms with Gasteiger partial charge in [-0.1, -0.05) is 45.2 Å². The van der Waals surface area contributed by atoms with Gasteiger partial charge in [0.15, 0.2) is 0 Å². The van der Waals surface area contributed by atoms with Crippen LogP contribution < -0.4 is 0 Å². The molecule has 0 amide bonds. The Bertz CT molecular complexity index is 291. The van der Waals surface area contributed by atoms with Crippen LogP contribution in [0.5, 0.6) is 0 Å². The number of esters is 1. The van der Waals surface area contributed by atoms with Crippen LogP contribution in [0.1, 0.15) is 26.7 Å². The average molecular weight is 251 g/mol. The molecule has 0 fully saturated rings. The second-order valence-electron chi connectivity index (χ2n) is 3.97. The Labute approximate surface area is 111 Å². The third-order valence-electron chi connectivity index (χ3n) is 2.74. The molecule has 102 valence electrons. The van der Waals surface area contributed by atoms with Gasteiger partial charge in [-0.15, -0.1) is 0 Å². The number of hydrogen-bond acceptors (Lipinski definition) is 3. The fourth-order valence-electron chi connectivity index (χ4n) is 1.55. The van der Waals surface area contributed by atoms with E-state index < -0.39 is 0 Å². The monoisotopic (exact) mass is 251 g/mol. The van der Waals surface area contributed by atoms with Gasteiger partial charge in [0, 0.05) is 6.42 Å². The highest BCUT2D eigenvalue weighted by Crippen LogP contribution is 2.01. The topological polar surface area (TPSA) is 29.5 Å². The van der Waals surface area contributed by atoms with Gasteiger partial charge in [-0.3, -0.25) is 4.79 Å². The summed E-state index contributed by atoms with van der Waals surface area (Å²) in [5, 5.41) is 0. The van der Waals surface area contributed by atoms with Crippen molar-refractivity contribution in [3.63, 3.8) is 0 Å². The molecule has 0 aromatic heterocycles. The van der Waals surface area contributed by atoms with Crippen molar-refractivity contribution in [1.29, 1.82) is 0 Å². The molecule has 0 saturated carbocycles. The van der Waals surface area contributed by atoms with Crippen LogP contribution in [0.2, 0.25) is 0 Å². The standard InChI is InChI=1S/C15H25NO2/c1-5-10-14(6-2)13-18-15(17)11-9-12-16(7-3)8-4/h5-6,10H,1-2,7-9,11-13H2,3-4H3/b14-10+. The van der Waals surface area contributed by atoms with Crippen molar-refractivity contribution in [3.8, 4) is 0 Å². The van der Waals surface area contributed by atoms with E-state index in [-0.39, 0.29) is 12.6 Å². The third-order valence-corrected chi connectivity index (χ3v) is 2.74. The molecule has 0 unspecified atom stereocenters. The molecule has 3 heteroatoms. The second kappa shape index (κ2) is 10.8. The number of rotatable bonds is 10. The molecule has 0 rings (SSSR count). The van der Waals surface area contributed by atoms with E-state index in [0.29, 0.717) is 6.42 Å². The van der Waals surface area contributed by atoms with E-state index in [1.54, 1.807) is 18.2 Å². The molecule has 0 aromatic carbocycles. The highest BCUT2D eigenvalue weighted by molar-refractivity contribution is 5.69. The molecular weight excluding hydrogens is 226 g/mol. The molecule has 0 aromatic rings. The molecule has 0 atom stereocenters. The van der Waals surface area contributed by atoms with E-state index in [1.165, 1.54) is 0 Å². The number of carbonyl (C=O) groups excluding carboxylic acids is 1.